The Kier molecular flexibility index (Phi) is 6.62. The number of hydrogen-bond donors (Lipinski definition) is 1. The predicted molar refractivity (Wildman–Crippen MR) is 72.9 cm³/mol. The Bertz CT molecular complexity index is 300. The molecule has 0 atom stereocenters. The molecule has 0 unspecified atom stereocenters. The van der Waals surface area contributed by atoms with Crippen molar-refractivity contribution >= 4 is 12.0 Å². The van der Waals surface area contributed by atoms with Crippen LogP contribution in [-0.2, 0) is 9.53 Å². The molecule has 0 saturated carbocycles. The van der Waals surface area contributed by atoms with E-state index in [4.69, 9.17) is 4.74 Å². The molecular weight excluding hydrogens is 246 g/mol. The van der Waals surface area contributed by atoms with Crippen LogP contribution in [0.15, 0.2) is 0 Å². The Hall–Kier alpha value is -1.30. The van der Waals surface area contributed by atoms with Gasteiger partial charge >= 0.3 is 12.0 Å². The summed E-state index contributed by atoms with van der Waals surface area (Å²) in [5, 5.41) is 2.59. The van der Waals surface area contributed by atoms with Gasteiger partial charge in [-0.25, -0.2) is 4.79 Å². The van der Waals surface area contributed by atoms with E-state index in [1.807, 2.05) is 0 Å². The highest BCUT2D eigenvalue weighted by molar-refractivity contribution is 5.80. The third kappa shape index (κ3) is 5.92. The molecule has 1 fully saturated rings. The molecule has 6 nitrogen and oxygen atoms in total. The van der Waals surface area contributed by atoms with Crippen molar-refractivity contribution in [3.05, 3.63) is 0 Å². The third-order valence-corrected chi connectivity index (χ3v) is 3.21. The van der Waals surface area contributed by atoms with Gasteiger partial charge in [-0.15, -0.1) is 0 Å². The molecule has 1 saturated heterocycles. The molecule has 1 aliphatic rings. The summed E-state index contributed by atoms with van der Waals surface area (Å²) in [5.41, 5.74) is 0. The average molecular weight is 271 g/mol. The first-order valence-corrected chi connectivity index (χ1v) is 6.86. The number of urea groups is 1. The fourth-order valence-electron chi connectivity index (χ4n) is 2.31. The zero-order valence-corrected chi connectivity index (χ0v) is 12.1. The smallest absolute Gasteiger partial charge is 0.325 e. The van der Waals surface area contributed by atoms with E-state index >= 15 is 0 Å². The van der Waals surface area contributed by atoms with Gasteiger partial charge in [0.2, 0.25) is 0 Å². The van der Waals surface area contributed by atoms with Crippen LogP contribution >= 0.6 is 0 Å². The van der Waals surface area contributed by atoms with E-state index in [1.165, 1.54) is 0 Å². The molecular formula is C13H25N3O3. The predicted octanol–water partition coefficient (Wildman–Crippen LogP) is 0.533. The first kappa shape index (κ1) is 15.8. The molecule has 1 N–H and O–H groups in total. The normalized spacial score (nSPS) is 16.5. The second-order valence-electron chi connectivity index (χ2n) is 5.16. The lowest BCUT2D eigenvalue weighted by Gasteiger charge is -2.33. The quantitative estimate of drug-likeness (QED) is 0.741. The molecule has 1 heterocycles. The van der Waals surface area contributed by atoms with Gasteiger partial charge in [-0.2, -0.15) is 0 Å². The van der Waals surface area contributed by atoms with E-state index in [0.717, 1.165) is 32.5 Å². The number of hydrogen-bond acceptors (Lipinski definition) is 4. The van der Waals surface area contributed by atoms with Gasteiger partial charge in [0.05, 0.1) is 6.61 Å². The van der Waals surface area contributed by atoms with Gasteiger partial charge in [-0.3, -0.25) is 4.79 Å². The van der Waals surface area contributed by atoms with Gasteiger partial charge in [0.1, 0.15) is 6.54 Å². The summed E-state index contributed by atoms with van der Waals surface area (Å²) in [6.07, 6.45) is 2.04. The largest absolute Gasteiger partial charge is 0.465 e. The molecule has 0 aliphatic carbocycles. The molecule has 1 aliphatic heterocycles. The molecule has 19 heavy (non-hydrogen) atoms. The topological polar surface area (TPSA) is 61.9 Å². The van der Waals surface area contributed by atoms with Gasteiger partial charge < -0.3 is 19.9 Å². The molecule has 0 bridgehead atoms. The van der Waals surface area contributed by atoms with Crippen LogP contribution in [0.3, 0.4) is 0 Å². The Labute approximate surface area is 115 Å². The van der Waals surface area contributed by atoms with Crippen LogP contribution in [-0.4, -0.2) is 68.7 Å². The summed E-state index contributed by atoms with van der Waals surface area (Å²) in [4.78, 5) is 26.9. The van der Waals surface area contributed by atoms with E-state index in [2.05, 4.69) is 24.3 Å². The summed E-state index contributed by atoms with van der Waals surface area (Å²) < 4.78 is 4.76. The van der Waals surface area contributed by atoms with Crippen LogP contribution < -0.4 is 5.32 Å². The molecule has 0 aromatic rings. The fraction of sp³-hybridized carbons (Fsp3) is 0.846. The number of carbonyl (C=O) groups is 2. The lowest BCUT2D eigenvalue weighted by Crippen LogP contribution is -2.46. The number of ether oxygens (including phenoxy) is 1. The Morgan fingerprint density at radius 3 is 2.47 bits per heavy atom. The fourth-order valence-corrected chi connectivity index (χ4v) is 2.31. The van der Waals surface area contributed by atoms with Gasteiger partial charge in [0.15, 0.2) is 0 Å². The van der Waals surface area contributed by atoms with E-state index in [1.54, 1.807) is 11.8 Å². The first-order valence-electron chi connectivity index (χ1n) is 6.86. The molecule has 1 rings (SSSR count). The second-order valence-corrected chi connectivity index (χ2v) is 5.16. The summed E-state index contributed by atoms with van der Waals surface area (Å²) in [7, 11) is 4.14. The SMILES string of the molecule is CCOC(=O)CNC(=O)N1CCC(CN(C)C)CC1. The molecule has 2 amide bonds. The number of likely N-dealkylation sites (tertiary alicyclic amines) is 1. The minimum atomic E-state index is -0.390. The molecule has 0 radical (unpaired) electrons. The van der Waals surface area contributed by atoms with Gasteiger partial charge in [-0.1, -0.05) is 0 Å². The molecule has 110 valence electrons. The highest BCUT2D eigenvalue weighted by Gasteiger charge is 2.23. The Morgan fingerprint density at radius 1 is 1.32 bits per heavy atom. The maximum Gasteiger partial charge on any atom is 0.325 e. The lowest BCUT2D eigenvalue weighted by molar-refractivity contribution is -0.141. The monoisotopic (exact) mass is 271 g/mol. The van der Waals surface area contributed by atoms with Crippen molar-refractivity contribution in [2.24, 2.45) is 5.92 Å². The number of amides is 2. The van der Waals surface area contributed by atoms with Crippen LogP contribution in [0.4, 0.5) is 4.79 Å². The average Bonchev–Trinajstić information content (AvgIpc) is 2.36. The van der Waals surface area contributed by atoms with Crippen molar-refractivity contribution in [1.29, 1.82) is 0 Å². The number of rotatable bonds is 5. The number of carbonyl (C=O) groups excluding carboxylic acids is 2. The van der Waals surface area contributed by atoms with Crippen LogP contribution in [0.5, 0.6) is 0 Å². The van der Waals surface area contributed by atoms with Crippen LogP contribution in [0.25, 0.3) is 0 Å². The van der Waals surface area contributed by atoms with Crippen molar-refractivity contribution in [3.63, 3.8) is 0 Å². The Balaban J connectivity index is 2.23. The molecule has 0 aromatic heterocycles. The standard InChI is InChI=1S/C13H25N3O3/c1-4-19-12(17)9-14-13(18)16-7-5-11(6-8-16)10-15(2)3/h11H,4-10H2,1-3H3,(H,14,18). The number of nitrogens with one attached hydrogen (secondary N) is 1. The van der Waals surface area contributed by atoms with Crippen LogP contribution in [0.2, 0.25) is 0 Å². The van der Waals surface area contributed by atoms with Crippen molar-refractivity contribution in [1.82, 2.24) is 15.1 Å². The number of piperidine rings is 1. The van der Waals surface area contributed by atoms with Gasteiger partial charge in [0.25, 0.3) is 0 Å². The molecule has 6 heteroatoms. The number of nitrogens with zero attached hydrogens (tertiary/aromatic N) is 2. The zero-order valence-electron chi connectivity index (χ0n) is 12.1. The van der Waals surface area contributed by atoms with E-state index < -0.39 is 5.97 Å². The minimum Gasteiger partial charge on any atom is -0.465 e. The van der Waals surface area contributed by atoms with Crippen molar-refractivity contribution < 1.29 is 14.3 Å². The van der Waals surface area contributed by atoms with Gasteiger partial charge in [-0.05, 0) is 39.8 Å². The zero-order chi connectivity index (χ0) is 14.3. The highest BCUT2D eigenvalue weighted by Crippen LogP contribution is 2.17. The minimum absolute atomic E-state index is 0.0513. The van der Waals surface area contributed by atoms with Gasteiger partial charge in [0, 0.05) is 19.6 Å². The highest BCUT2D eigenvalue weighted by atomic mass is 16.5. The summed E-state index contributed by atoms with van der Waals surface area (Å²) in [6, 6.07) is -0.170. The van der Waals surface area contributed by atoms with E-state index in [-0.39, 0.29) is 12.6 Å². The van der Waals surface area contributed by atoms with Crippen molar-refractivity contribution in [3.8, 4) is 0 Å². The Morgan fingerprint density at radius 2 is 1.95 bits per heavy atom. The third-order valence-electron chi connectivity index (χ3n) is 3.21. The van der Waals surface area contributed by atoms with Crippen LogP contribution in [0, 0.1) is 5.92 Å². The second kappa shape index (κ2) is 7.99. The maximum absolute atomic E-state index is 11.8. The van der Waals surface area contributed by atoms with Crippen molar-refractivity contribution in [2.45, 2.75) is 19.8 Å². The molecule has 0 spiro atoms. The maximum atomic E-state index is 11.8. The first-order chi connectivity index (χ1) is 9.02. The summed E-state index contributed by atoms with van der Waals surface area (Å²) in [6.45, 7) is 4.61. The van der Waals surface area contributed by atoms with Crippen molar-refractivity contribution in [2.75, 3.05) is 46.9 Å². The lowest BCUT2D eigenvalue weighted by atomic mass is 9.97. The van der Waals surface area contributed by atoms with E-state index in [0.29, 0.717) is 12.5 Å². The van der Waals surface area contributed by atoms with Crippen LogP contribution in [0.1, 0.15) is 19.8 Å². The number of esters is 1. The van der Waals surface area contributed by atoms with E-state index in [9.17, 15) is 9.59 Å². The summed E-state index contributed by atoms with van der Waals surface area (Å²) in [5.74, 6) is 0.266. The summed E-state index contributed by atoms with van der Waals surface area (Å²) >= 11 is 0. The molecule has 0 aromatic carbocycles.